The van der Waals surface area contributed by atoms with Gasteiger partial charge >= 0.3 is 0 Å². The van der Waals surface area contributed by atoms with Gasteiger partial charge in [-0.05, 0) is 26.5 Å². The molecule has 0 atom stereocenters. The molecule has 1 rings (SSSR count). The maximum Gasteiger partial charge on any atom is 0.275 e. The summed E-state index contributed by atoms with van der Waals surface area (Å²) < 4.78 is 26.7. The molecule has 0 aliphatic carbocycles. The second kappa shape index (κ2) is 3.72. The van der Waals surface area contributed by atoms with Gasteiger partial charge in [-0.3, -0.25) is 0 Å². The molecule has 0 aromatic carbocycles. The fourth-order valence-corrected chi connectivity index (χ4v) is 2.29. The van der Waals surface area contributed by atoms with E-state index in [0.29, 0.717) is 4.88 Å². The van der Waals surface area contributed by atoms with Crippen LogP contribution in [0.15, 0.2) is 6.07 Å². The largest absolute Gasteiger partial charge is 0.330 e. The summed E-state index contributed by atoms with van der Waals surface area (Å²) in [7, 11) is 0. The summed E-state index contributed by atoms with van der Waals surface area (Å²) in [5, 5.41) is 0. The van der Waals surface area contributed by atoms with Crippen molar-refractivity contribution in [3.8, 4) is 0 Å². The summed E-state index contributed by atoms with van der Waals surface area (Å²) in [5.41, 5.74) is 5.27. The number of nitrogens with two attached hydrogens (primary N) is 1. The standard InChI is InChI=1S/C9H13F2NS/c1-6-5-8(7(2)13-6)9(10,11)3-4-12/h5H,3-4,12H2,1-2H3. The Bertz CT molecular complexity index is 294. The van der Waals surface area contributed by atoms with E-state index in [0.717, 1.165) is 4.88 Å². The van der Waals surface area contributed by atoms with Crippen molar-refractivity contribution < 1.29 is 8.78 Å². The van der Waals surface area contributed by atoms with Crippen LogP contribution in [0.4, 0.5) is 8.78 Å². The molecule has 4 heteroatoms. The molecule has 0 amide bonds. The van der Waals surface area contributed by atoms with Crippen molar-refractivity contribution in [2.75, 3.05) is 6.54 Å². The van der Waals surface area contributed by atoms with Gasteiger partial charge in [-0.25, -0.2) is 8.78 Å². The van der Waals surface area contributed by atoms with Crippen LogP contribution in [0.1, 0.15) is 21.7 Å². The van der Waals surface area contributed by atoms with Crippen molar-refractivity contribution in [2.24, 2.45) is 5.73 Å². The van der Waals surface area contributed by atoms with E-state index in [-0.39, 0.29) is 18.5 Å². The Hall–Kier alpha value is -0.480. The third-order valence-corrected chi connectivity index (χ3v) is 2.86. The first-order valence-electron chi connectivity index (χ1n) is 4.13. The Morgan fingerprint density at radius 1 is 1.46 bits per heavy atom. The van der Waals surface area contributed by atoms with Crippen LogP contribution >= 0.6 is 11.3 Å². The molecule has 0 radical (unpaired) electrons. The summed E-state index contributed by atoms with van der Waals surface area (Å²) in [4.78, 5) is 1.61. The van der Waals surface area contributed by atoms with E-state index in [1.165, 1.54) is 11.3 Å². The van der Waals surface area contributed by atoms with Crippen LogP contribution in [-0.4, -0.2) is 6.54 Å². The van der Waals surface area contributed by atoms with Crippen LogP contribution in [0.5, 0.6) is 0 Å². The van der Waals surface area contributed by atoms with Gasteiger partial charge in [0.2, 0.25) is 0 Å². The minimum atomic E-state index is -2.76. The van der Waals surface area contributed by atoms with Crippen molar-refractivity contribution in [2.45, 2.75) is 26.2 Å². The predicted molar refractivity (Wildman–Crippen MR) is 51.4 cm³/mol. The number of alkyl halides is 2. The molecule has 1 nitrogen and oxygen atoms in total. The maximum absolute atomic E-state index is 13.4. The van der Waals surface area contributed by atoms with E-state index in [4.69, 9.17) is 5.73 Å². The molecule has 1 aromatic rings. The fourth-order valence-electron chi connectivity index (χ4n) is 1.31. The summed E-state index contributed by atoms with van der Waals surface area (Å²) in [6.07, 6.45) is -0.274. The zero-order valence-electron chi connectivity index (χ0n) is 7.73. The second-order valence-electron chi connectivity index (χ2n) is 3.07. The topological polar surface area (TPSA) is 26.0 Å². The highest BCUT2D eigenvalue weighted by Gasteiger charge is 2.33. The van der Waals surface area contributed by atoms with Gasteiger partial charge < -0.3 is 5.73 Å². The minimum absolute atomic E-state index is 0.0152. The lowest BCUT2D eigenvalue weighted by molar-refractivity contribution is -0.0108. The lowest BCUT2D eigenvalue weighted by Gasteiger charge is -2.14. The van der Waals surface area contributed by atoms with Crippen LogP contribution in [0, 0.1) is 13.8 Å². The van der Waals surface area contributed by atoms with Gasteiger partial charge in [0, 0.05) is 21.7 Å². The zero-order valence-corrected chi connectivity index (χ0v) is 8.55. The first kappa shape index (κ1) is 10.6. The molecule has 0 aliphatic rings. The van der Waals surface area contributed by atoms with Crippen molar-refractivity contribution in [1.82, 2.24) is 0 Å². The van der Waals surface area contributed by atoms with E-state index in [9.17, 15) is 8.78 Å². The van der Waals surface area contributed by atoms with E-state index in [1.54, 1.807) is 13.0 Å². The number of hydrogen-bond donors (Lipinski definition) is 1. The SMILES string of the molecule is Cc1cc(C(F)(F)CCN)c(C)s1. The van der Waals surface area contributed by atoms with Gasteiger partial charge in [-0.2, -0.15) is 0 Å². The average molecular weight is 205 g/mol. The highest BCUT2D eigenvalue weighted by atomic mass is 32.1. The van der Waals surface area contributed by atoms with Crippen LogP contribution in [0.25, 0.3) is 0 Å². The molecule has 0 unspecified atom stereocenters. The molecule has 0 fully saturated rings. The van der Waals surface area contributed by atoms with Gasteiger partial charge in [0.15, 0.2) is 0 Å². The molecule has 0 saturated heterocycles. The molecule has 1 aromatic heterocycles. The van der Waals surface area contributed by atoms with Gasteiger partial charge in [-0.1, -0.05) is 0 Å². The molecular weight excluding hydrogens is 192 g/mol. The van der Waals surface area contributed by atoms with Gasteiger partial charge in [0.05, 0.1) is 0 Å². The third-order valence-electron chi connectivity index (χ3n) is 1.89. The quantitative estimate of drug-likeness (QED) is 0.806. The van der Waals surface area contributed by atoms with E-state index in [2.05, 4.69) is 0 Å². The minimum Gasteiger partial charge on any atom is -0.330 e. The van der Waals surface area contributed by atoms with E-state index < -0.39 is 5.92 Å². The Morgan fingerprint density at radius 3 is 2.46 bits per heavy atom. The molecule has 74 valence electrons. The summed E-state index contributed by atoms with van der Waals surface area (Å²) in [5.74, 6) is -2.76. The summed E-state index contributed by atoms with van der Waals surface area (Å²) in [6, 6.07) is 1.55. The van der Waals surface area contributed by atoms with E-state index in [1.807, 2.05) is 6.92 Å². The summed E-state index contributed by atoms with van der Waals surface area (Å²) >= 11 is 1.40. The highest BCUT2D eigenvalue weighted by molar-refractivity contribution is 7.12. The van der Waals surface area contributed by atoms with Crippen LogP contribution in [-0.2, 0) is 5.92 Å². The summed E-state index contributed by atoms with van der Waals surface area (Å²) in [6.45, 7) is 3.57. The molecule has 0 bridgehead atoms. The number of halogens is 2. The smallest absolute Gasteiger partial charge is 0.275 e. The highest BCUT2D eigenvalue weighted by Crippen LogP contribution is 2.37. The molecule has 0 saturated carbocycles. The van der Waals surface area contributed by atoms with Crippen molar-refractivity contribution in [3.05, 3.63) is 21.4 Å². The Balaban J connectivity index is 2.98. The molecule has 1 heterocycles. The average Bonchev–Trinajstić information content (AvgIpc) is 2.30. The molecular formula is C9H13F2NS. The normalized spacial score (nSPS) is 12.1. The zero-order chi connectivity index (χ0) is 10.1. The number of hydrogen-bond acceptors (Lipinski definition) is 2. The van der Waals surface area contributed by atoms with Crippen molar-refractivity contribution >= 4 is 11.3 Å². The lowest BCUT2D eigenvalue weighted by atomic mass is 10.1. The van der Waals surface area contributed by atoms with Gasteiger partial charge in [-0.15, -0.1) is 11.3 Å². The van der Waals surface area contributed by atoms with Crippen LogP contribution in [0.3, 0.4) is 0 Å². The fraction of sp³-hybridized carbons (Fsp3) is 0.556. The monoisotopic (exact) mass is 205 g/mol. The Labute approximate surface area is 80.6 Å². The predicted octanol–water partition coefficient (Wildman–Crippen LogP) is 2.81. The van der Waals surface area contributed by atoms with Crippen molar-refractivity contribution in [1.29, 1.82) is 0 Å². The Morgan fingerprint density at radius 2 is 2.08 bits per heavy atom. The first-order chi connectivity index (χ1) is 5.97. The van der Waals surface area contributed by atoms with Gasteiger partial charge in [0.1, 0.15) is 0 Å². The van der Waals surface area contributed by atoms with E-state index >= 15 is 0 Å². The van der Waals surface area contributed by atoms with Crippen LogP contribution < -0.4 is 5.73 Å². The number of rotatable bonds is 3. The molecule has 13 heavy (non-hydrogen) atoms. The molecule has 0 aliphatic heterocycles. The number of thiophene rings is 1. The van der Waals surface area contributed by atoms with Crippen molar-refractivity contribution in [3.63, 3.8) is 0 Å². The second-order valence-corrected chi connectivity index (χ2v) is 4.53. The molecule has 0 spiro atoms. The third kappa shape index (κ3) is 2.25. The van der Waals surface area contributed by atoms with Gasteiger partial charge in [0.25, 0.3) is 5.92 Å². The maximum atomic E-state index is 13.4. The first-order valence-corrected chi connectivity index (χ1v) is 4.94. The Kier molecular flexibility index (Phi) is 3.03. The van der Waals surface area contributed by atoms with Crippen LogP contribution in [0.2, 0.25) is 0 Å². The lowest BCUT2D eigenvalue weighted by Crippen LogP contribution is -2.18. The number of aryl methyl sites for hydroxylation is 2. The molecule has 2 N–H and O–H groups in total.